The fourth-order valence-electron chi connectivity index (χ4n) is 3.56. The molecule has 7 heteroatoms. The summed E-state index contributed by atoms with van der Waals surface area (Å²) in [6.45, 7) is 2.78. The molecule has 1 saturated carbocycles. The maximum Gasteiger partial charge on any atom is 0.233 e. The summed E-state index contributed by atoms with van der Waals surface area (Å²) in [4.78, 5) is 14.7. The summed E-state index contributed by atoms with van der Waals surface area (Å²) in [6.07, 6.45) is 5.89. The van der Waals surface area contributed by atoms with Crippen molar-refractivity contribution < 1.29 is 9.18 Å². The van der Waals surface area contributed by atoms with E-state index >= 15 is 0 Å². The van der Waals surface area contributed by atoms with Crippen LogP contribution >= 0.6 is 11.8 Å². The van der Waals surface area contributed by atoms with Crippen molar-refractivity contribution in [2.45, 2.75) is 50.2 Å². The molecule has 3 rings (SSSR count). The molecule has 0 spiro atoms. The van der Waals surface area contributed by atoms with Crippen LogP contribution in [-0.2, 0) is 11.8 Å². The van der Waals surface area contributed by atoms with Gasteiger partial charge >= 0.3 is 0 Å². The molecule has 1 aromatic heterocycles. The molecule has 0 unspecified atom stereocenters. The third kappa shape index (κ3) is 4.09. The summed E-state index contributed by atoms with van der Waals surface area (Å²) in [5.74, 6) is 0.607. The third-order valence-corrected chi connectivity index (χ3v) is 5.96. The number of hydrogen-bond acceptors (Lipinski definition) is 4. The molecule has 26 heavy (non-hydrogen) atoms. The Hall–Kier alpha value is -1.89. The topological polar surface area (TPSA) is 51.0 Å². The molecule has 0 N–H and O–H groups in total. The molecule has 140 valence electrons. The average molecular weight is 377 g/mol. The monoisotopic (exact) mass is 376 g/mol. The first-order chi connectivity index (χ1) is 12.6. The van der Waals surface area contributed by atoms with Crippen molar-refractivity contribution in [1.29, 1.82) is 0 Å². The van der Waals surface area contributed by atoms with Crippen LogP contribution in [0.1, 0.15) is 39.0 Å². The van der Waals surface area contributed by atoms with Crippen LogP contribution in [0.3, 0.4) is 0 Å². The predicted molar refractivity (Wildman–Crippen MR) is 101 cm³/mol. The molecule has 1 heterocycles. The lowest BCUT2D eigenvalue weighted by molar-refractivity contribution is -0.131. The number of amides is 1. The van der Waals surface area contributed by atoms with Crippen molar-refractivity contribution in [3.63, 3.8) is 0 Å². The smallest absolute Gasteiger partial charge is 0.233 e. The molecule has 0 aliphatic heterocycles. The SMILES string of the molecule is CCN(C(=O)CSc1nnc(-c2ccccc2F)n1C)C1CCCCC1. The van der Waals surface area contributed by atoms with Crippen LogP contribution in [-0.4, -0.2) is 43.9 Å². The highest BCUT2D eigenvalue weighted by Gasteiger charge is 2.24. The quantitative estimate of drug-likeness (QED) is 0.718. The molecular formula is C19H25FN4OS. The standard InChI is InChI=1S/C19H25FN4OS/c1-3-24(14-9-5-4-6-10-14)17(25)13-26-19-22-21-18(23(19)2)15-11-7-8-12-16(15)20/h7-8,11-12,14H,3-6,9-10,13H2,1-2H3. The van der Waals surface area contributed by atoms with Crippen LogP contribution in [0.2, 0.25) is 0 Å². The van der Waals surface area contributed by atoms with Crippen LogP contribution in [0.4, 0.5) is 4.39 Å². The third-order valence-electron chi connectivity index (χ3n) is 4.95. The number of hydrogen-bond donors (Lipinski definition) is 0. The van der Waals surface area contributed by atoms with Crippen molar-refractivity contribution in [2.24, 2.45) is 7.05 Å². The van der Waals surface area contributed by atoms with Crippen LogP contribution in [0, 0.1) is 5.82 Å². The Labute approximate surface area is 158 Å². The number of benzene rings is 1. The van der Waals surface area contributed by atoms with Crippen molar-refractivity contribution >= 4 is 17.7 Å². The van der Waals surface area contributed by atoms with E-state index in [9.17, 15) is 9.18 Å². The van der Waals surface area contributed by atoms with Gasteiger partial charge in [0.1, 0.15) is 5.82 Å². The molecule has 2 aromatic rings. The lowest BCUT2D eigenvalue weighted by Crippen LogP contribution is -2.42. The van der Waals surface area contributed by atoms with Gasteiger partial charge in [0.2, 0.25) is 5.91 Å². The van der Waals surface area contributed by atoms with Gasteiger partial charge in [-0.25, -0.2) is 4.39 Å². The molecule has 1 aromatic carbocycles. The lowest BCUT2D eigenvalue weighted by atomic mass is 9.94. The van der Waals surface area contributed by atoms with E-state index in [1.54, 1.807) is 29.8 Å². The Morgan fingerprint density at radius 2 is 2.00 bits per heavy atom. The number of carbonyl (C=O) groups excluding carboxylic acids is 1. The molecule has 1 aliphatic carbocycles. The first kappa shape index (κ1) is 18.9. The fraction of sp³-hybridized carbons (Fsp3) is 0.526. The summed E-state index contributed by atoms with van der Waals surface area (Å²) in [7, 11) is 1.80. The van der Waals surface area contributed by atoms with Crippen LogP contribution in [0.5, 0.6) is 0 Å². The van der Waals surface area contributed by atoms with E-state index in [2.05, 4.69) is 10.2 Å². The van der Waals surface area contributed by atoms with Gasteiger partial charge in [-0.1, -0.05) is 43.2 Å². The van der Waals surface area contributed by atoms with Crippen LogP contribution in [0.25, 0.3) is 11.4 Å². The summed E-state index contributed by atoms with van der Waals surface area (Å²) in [5, 5.41) is 8.87. The minimum atomic E-state index is -0.329. The summed E-state index contributed by atoms with van der Waals surface area (Å²) in [5.41, 5.74) is 0.415. The van der Waals surface area contributed by atoms with E-state index < -0.39 is 0 Å². The Morgan fingerprint density at radius 3 is 2.69 bits per heavy atom. The maximum atomic E-state index is 14.0. The highest BCUT2D eigenvalue weighted by Crippen LogP contribution is 2.26. The number of rotatable bonds is 6. The number of aromatic nitrogens is 3. The molecule has 0 radical (unpaired) electrons. The Balaban J connectivity index is 1.66. The van der Waals surface area contributed by atoms with Gasteiger partial charge in [-0.3, -0.25) is 4.79 Å². The molecule has 0 saturated heterocycles. The second kappa shape index (κ2) is 8.66. The predicted octanol–water partition coefficient (Wildman–Crippen LogP) is 3.89. The maximum absolute atomic E-state index is 14.0. The van der Waals surface area contributed by atoms with Gasteiger partial charge in [0.25, 0.3) is 0 Å². The first-order valence-electron chi connectivity index (χ1n) is 9.18. The molecule has 0 bridgehead atoms. The second-order valence-corrected chi connectivity index (χ2v) is 7.55. The van der Waals surface area contributed by atoms with E-state index in [1.807, 2.05) is 11.8 Å². The summed E-state index contributed by atoms with van der Waals surface area (Å²) >= 11 is 1.36. The van der Waals surface area contributed by atoms with E-state index in [4.69, 9.17) is 0 Å². The Bertz CT molecular complexity index is 758. The lowest BCUT2D eigenvalue weighted by Gasteiger charge is -2.33. The molecule has 5 nitrogen and oxygen atoms in total. The van der Waals surface area contributed by atoms with Crippen LogP contribution < -0.4 is 0 Å². The summed E-state index contributed by atoms with van der Waals surface area (Å²) < 4.78 is 15.7. The molecule has 0 atom stereocenters. The van der Waals surface area contributed by atoms with Crippen molar-refractivity contribution in [1.82, 2.24) is 19.7 Å². The van der Waals surface area contributed by atoms with Crippen molar-refractivity contribution in [3.05, 3.63) is 30.1 Å². The fourth-order valence-corrected chi connectivity index (χ4v) is 4.35. The minimum Gasteiger partial charge on any atom is -0.339 e. The largest absolute Gasteiger partial charge is 0.339 e. The number of thioether (sulfide) groups is 1. The average Bonchev–Trinajstić information content (AvgIpc) is 3.02. The Kier molecular flexibility index (Phi) is 6.29. The zero-order chi connectivity index (χ0) is 18.5. The molecule has 1 aliphatic rings. The van der Waals surface area contributed by atoms with E-state index in [1.165, 1.54) is 37.1 Å². The van der Waals surface area contributed by atoms with Gasteiger partial charge in [-0.15, -0.1) is 10.2 Å². The van der Waals surface area contributed by atoms with Crippen molar-refractivity contribution in [3.8, 4) is 11.4 Å². The van der Waals surface area contributed by atoms with E-state index in [0.29, 0.717) is 28.3 Å². The van der Waals surface area contributed by atoms with Gasteiger partial charge in [-0.2, -0.15) is 0 Å². The van der Waals surface area contributed by atoms with Gasteiger partial charge in [0, 0.05) is 19.6 Å². The summed E-state index contributed by atoms with van der Waals surface area (Å²) in [6, 6.07) is 6.88. The number of nitrogens with zero attached hydrogens (tertiary/aromatic N) is 4. The highest BCUT2D eigenvalue weighted by molar-refractivity contribution is 7.99. The Morgan fingerprint density at radius 1 is 1.27 bits per heavy atom. The number of carbonyl (C=O) groups is 1. The van der Waals surface area contributed by atoms with E-state index in [-0.39, 0.29) is 11.7 Å². The second-order valence-electron chi connectivity index (χ2n) is 6.61. The normalized spacial score (nSPS) is 15.2. The zero-order valence-electron chi connectivity index (χ0n) is 15.3. The molecule has 1 fully saturated rings. The van der Waals surface area contributed by atoms with Gasteiger partial charge < -0.3 is 9.47 Å². The minimum absolute atomic E-state index is 0.139. The van der Waals surface area contributed by atoms with Gasteiger partial charge in [0.05, 0.1) is 11.3 Å². The molecule has 1 amide bonds. The zero-order valence-corrected chi connectivity index (χ0v) is 16.1. The van der Waals surface area contributed by atoms with Gasteiger partial charge in [-0.05, 0) is 31.9 Å². The van der Waals surface area contributed by atoms with Crippen LogP contribution in [0.15, 0.2) is 29.4 Å². The molecular weight excluding hydrogens is 351 g/mol. The highest BCUT2D eigenvalue weighted by atomic mass is 32.2. The first-order valence-corrected chi connectivity index (χ1v) is 10.2. The van der Waals surface area contributed by atoms with Gasteiger partial charge in [0.15, 0.2) is 11.0 Å². The van der Waals surface area contributed by atoms with E-state index in [0.717, 1.165) is 19.4 Å². The van der Waals surface area contributed by atoms with Crippen molar-refractivity contribution in [2.75, 3.05) is 12.3 Å². The number of halogens is 1.